The molecule has 10 heteroatoms. The second-order valence-corrected chi connectivity index (χ2v) is 6.10. The van der Waals surface area contributed by atoms with E-state index in [1.54, 1.807) is 10.9 Å². The quantitative estimate of drug-likeness (QED) is 0.734. The zero-order valence-electron chi connectivity index (χ0n) is 12.3. The maximum absolute atomic E-state index is 12.2. The second kappa shape index (κ2) is 6.70. The number of hydrogen-bond donors (Lipinski definition) is 1. The molecule has 3 aromatic rings. The van der Waals surface area contributed by atoms with Gasteiger partial charge in [0.25, 0.3) is 5.91 Å². The molecule has 0 aliphatic carbocycles. The van der Waals surface area contributed by atoms with Crippen LogP contribution in [0.5, 0.6) is 5.75 Å². The Kier molecular flexibility index (Phi) is 4.63. The Morgan fingerprint density at radius 3 is 2.96 bits per heavy atom. The molecule has 0 saturated heterocycles. The van der Waals surface area contributed by atoms with Crippen molar-refractivity contribution in [3.63, 3.8) is 0 Å². The Morgan fingerprint density at radius 2 is 2.29 bits per heavy atom. The maximum Gasteiger partial charge on any atom is 0.387 e. The summed E-state index contributed by atoms with van der Waals surface area (Å²) in [6, 6.07) is 4.37. The molecule has 0 aliphatic rings. The van der Waals surface area contributed by atoms with Crippen LogP contribution in [0.1, 0.15) is 17.4 Å². The highest BCUT2D eigenvalue weighted by Gasteiger charge is 2.17. The van der Waals surface area contributed by atoms with Crippen LogP contribution in [-0.4, -0.2) is 27.3 Å². The Balaban J connectivity index is 1.81. The number of carbonyl (C=O) groups is 1. The molecular formula is C14H11ClF2N4O2S. The lowest BCUT2D eigenvalue weighted by atomic mass is 10.3. The van der Waals surface area contributed by atoms with Gasteiger partial charge in [-0.15, -0.1) is 0 Å². The first-order chi connectivity index (χ1) is 11.5. The fourth-order valence-electron chi connectivity index (χ4n) is 2.00. The van der Waals surface area contributed by atoms with E-state index in [1.807, 2.05) is 6.92 Å². The molecule has 2 aromatic heterocycles. The van der Waals surface area contributed by atoms with Crippen LogP contribution < -0.4 is 10.1 Å². The summed E-state index contributed by atoms with van der Waals surface area (Å²) in [6.45, 7) is -0.441. The number of nitrogens with zero attached hydrogens (tertiary/aromatic N) is 3. The fourth-order valence-corrected chi connectivity index (χ4v) is 3.13. The minimum atomic E-state index is -2.90. The van der Waals surface area contributed by atoms with Gasteiger partial charge in [-0.2, -0.15) is 13.9 Å². The van der Waals surface area contributed by atoms with Crippen molar-refractivity contribution >= 4 is 44.2 Å². The summed E-state index contributed by atoms with van der Waals surface area (Å²) in [5.74, 6) is -0.459. The van der Waals surface area contributed by atoms with Crippen molar-refractivity contribution in [3.8, 4) is 5.75 Å². The maximum atomic E-state index is 12.2. The van der Waals surface area contributed by atoms with E-state index >= 15 is 0 Å². The van der Waals surface area contributed by atoms with Crippen molar-refractivity contribution in [2.75, 3.05) is 5.32 Å². The molecular weight excluding hydrogens is 362 g/mol. The Labute approximate surface area is 144 Å². The molecule has 1 aromatic carbocycles. The van der Waals surface area contributed by atoms with Gasteiger partial charge >= 0.3 is 6.61 Å². The van der Waals surface area contributed by atoms with E-state index in [0.717, 1.165) is 11.3 Å². The number of anilines is 1. The summed E-state index contributed by atoms with van der Waals surface area (Å²) < 4.78 is 31.0. The van der Waals surface area contributed by atoms with E-state index in [-0.39, 0.29) is 16.5 Å². The van der Waals surface area contributed by atoms with Gasteiger partial charge in [-0.1, -0.05) is 22.9 Å². The first-order valence-corrected chi connectivity index (χ1v) is 8.05. The summed E-state index contributed by atoms with van der Waals surface area (Å²) >= 11 is 7.12. The molecule has 0 spiro atoms. The molecule has 0 bridgehead atoms. The van der Waals surface area contributed by atoms with Crippen LogP contribution in [0.2, 0.25) is 5.02 Å². The third-order valence-corrected chi connectivity index (χ3v) is 4.27. The third-order valence-electron chi connectivity index (χ3n) is 3.06. The van der Waals surface area contributed by atoms with E-state index in [9.17, 15) is 13.6 Å². The molecule has 0 aliphatic heterocycles. The summed E-state index contributed by atoms with van der Waals surface area (Å²) in [5.41, 5.74) is 0.654. The number of fused-ring (bicyclic) bond motifs is 1. The largest absolute Gasteiger partial charge is 0.435 e. The van der Waals surface area contributed by atoms with Gasteiger partial charge in [-0.25, -0.2) is 4.98 Å². The summed E-state index contributed by atoms with van der Waals surface area (Å²) in [4.78, 5) is 16.4. The molecule has 0 radical (unpaired) electrons. The highest BCUT2D eigenvalue weighted by molar-refractivity contribution is 7.22. The lowest BCUT2D eigenvalue weighted by molar-refractivity contribution is -0.0497. The molecule has 1 N–H and O–H groups in total. The van der Waals surface area contributed by atoms with Gasteiger partial charge in [0.2, 0.25) is 0 Å². The van der Waals surface area contributed by atoms with Crippen LogP contribution in [0.25, 0.3) is 10.2 Å². The molecule has 6 nitrogen and oxygen atoms in total. The number of rotatable bonds is 5. The van der Waals surface area contributed by atoms with Gasteiger partial charge in [-0.05, 0) is 25.1 Å². The van der Waals surface area contributed by atoms with Crippen molar-refractivity contribution in [3.05, 3.63) is 35.1 Å². The molecule has 2 heterocycles. The zero-order valence-corrected chi connectivity index (χ0v) is 13.9. The Morgan fingerprint density at radius 1 is 1.50 bits per heavy atom. The summed E-state index contributed by atoms with van der Waals surface area (Å²) in [6.07, 6.45) is 1.56. The molecule has 0 atom stereocenters. The number of ether oxygens (including phenoxy) is 1. The number of benzene rings is 1. The standard InChI is InChI=1S/C14H11ClF2N4O2S/c1-2-21-6-8(15)11(20-21)12(22)19-14-18-9-4-3-7(23-13(16)17)5-10(9)24-14/h3-6,13H,2H2,1H3,(H,18,19,22). The van der Waals surface area contributed by atoms with E-state index < -0.39 is 12.5 Å². The topological polar surface area (TPSA) is 69.0 Å². The summed E-state index contributed by atoms with van der Waals surface area (Å²) in [5, 5.41) is 7.23. The average molecular weight is 373 g/mol. The van der Waals surface area contributed by atoms with Crippen molar-refractivity contribution in [1.29, 1.82) is 0 Å². The monoisotopic (exact) mass is 372 g/mol. The van der Waals surface area contributed by atoms with Crippen LogP contribution in [0.4, 0.5) is 13.9 Å². The highest BCUT2D eigenvalue weighted by Crippen LogP contribution is 2.30. The van der Waals surface area contributed by atoms with Gasteiger partial charge < -0.3 is 4.74 Å². The molecule has 0 saturated carbocycles. The van der Waals surface area contributed by atoms with Crippen LogP contribution in [0.15, 0.2) is 24.4 Å². The van der Waals surface area contributed by atoms with Crippen molar-refractivity contribution < 1.29 is 18.3 Å². The van der Waals surface area contributed by atoms with E-state index in [4.69, 9.17) is 11.6 Å². The van der Waals surface area contributed by atoms with Gasteiger partial charge in [0.15, 0.2) is 10.8 Å². The van der Waals surface area contributed by atoms with Gasteiger partial charge in [-0.3, -0.25) is 14.8 Å². The highest BCUT2D eigenvalue weighted by atomic mass is 35.5. The molecule has 24 heavy (non-hydrogen) atoms. The third kappa shape index (κ3) is 3.46. The Bertz CT molecular complexity index is 896. The van der Waals surface area contributed by atoms with Crippen LogP contribution >= 0.6 is 22.9 Å². The van der Waals surface area contributed by atoms with E-state index in [2.05, 4.69) is 20.1 Å². The number of aromatic nitrogens is 3. The predicted molar refractivity (Wildman–Crippen MR) is 87.1 cm³/mol. The van der Waals surface area contributed by atoms with E-state index in [1.165, 1.54) is 18.2 Å². The number of aryl methyl sites for hydroxylation is 1. The van der Waals surface area contributed by atoms with Crippen molar-refractivity contribution in [2.45, 2.75) is 20.1 Å². The van der Waals surface area contributed by atoms with Crippen molar-refractivity contribution in [2.24, 2.45) is 0 Å². The van der Waals surface area contributed by atoms with Crippen molar-refractivity contribution in [1.82, 2.24) is 14.8 Å². The number of hydrogen-bond acceptors (Lipinski definition) is 5. The normalized spacial score (nSPS) is 11.2. The van der Waals surface area contributed by atoms with E-state index in [0.29, 0.717) is 21.9 Å². The lowest BCUT2D eigenvalue weighted by Crippen LogP contribution is -2.13. The van der Waals surface area contributed by atoms with Gasteiger partial charge in [0.05, 0.1) is 15.2 Å². The number of nitrogens with one attached hydrogen (secondary N) is 1. The minimum Gasteiger partial charge on any atom is -0.435 e. The first kappa shape index (κ1) is 16.6. The summed E-state index contributed by atoms with van der Waals surface area (Å²) in [7, 11) is 0. The molecule has 0 unspecified atom stereocenters. The first-order valence-electron chi connectivity index (χ1n) is 6.86. The number of thiazole rings is 1. The number of carbonyl (C=O) groups excluding carboxylic acids is 1. The van der Waals surface area contributed by atoms with Gasteiger partial charge in [0.1, 0.15) is 5.75 Å². The Hall–Kier alpha value is -2.26. The number of halogens is 3. The molecule has 126 valence electrons. The SMILES string of the molecule is CCn1cc(Cl)c(C(=O)Nc2nc3ccc(OC(F)F)cc3s2)n1. The number of alkyl halides is 2. The predicted octanol–water partition coefficient (Wildman–Crippen LogP) is 4.02. The molecule has 1 amide bonds. The van der Waals surface area contributed by atoms with Gasteiger partial charge in [0, 0.05) is 12.7 Å². The minimum absolute atomic E-state index is 0.0313. The fraction of sp³-hybridized carbons (Fsp3) is 0.214. The lowest BCUT2D eigenvalue weighted by Gasteiger charge is -2.02. The smallest absolute Gasteiger partial charge is 0.387 e. The zero-order chi connectivity index (χ0) is 17.3. The average Bonchev–Trinajstić information content (AvgIpc) is 3.08. The van der Waals surface area contributed by atoms with Crippen LogP contribution in [0.3, 0.4) is 0 Å². The second-order valence-electron chi connectivity index (χ2n) is 4.66. The van der Waals surface area contributed by atoms with Crippen LogP contribution in [0, 0.1) is 0 Å². The number of amides is 1. The molecule has 3 rings (SSSR count). The van der Waals surface area contributed by atoms with Crippen LogP contribution in [-0.2, 0) is 6.54 Å². The molecule has 0 fully saturated rings.